The van der Waals surface area contributed by atoms with Crippen LogP contribution >= 0.6 is 0 Å². The highest BCUT2D eigenvalue weighted by Crippen LogP contribution is 2.04. The largest absolute Gasteiger partial charge is 0.308 e. The number of nitrogens with zero attached hydrogens (tertiary/aromatic N) is 1. The summed E-state index contributed by atoms with van der Waals surface area (Å²) in [6.07, 6.45) is 0. The number of hydrazine groups is 1. The van der Waals surface area contributed by atoms with Gasteiger partial charge in [0.25, 0.3) is 0 Å². The molecule has 0 aliphatic heterocycles. The smallest absolute Gasteiger partial charge is 0.144 e. The third-order valence-electron chi connectivity index (χ3n) is 2.30. The molecule has 1 rings (SSSR count). The third-order valence-corrected chi connectivity index (χ3v) is 2.30. The summed E-state index contributed by atoms with van der Waals surface area (Å²) in [5, 5.41) is 0. The molecule has 0 bridgehead atoms. The average molecular weight is 258 g/mol. The topological polar surface area (TPSA) is 76.4 Å². The number of nitrogens with two attached hydrogens (primary N) is 2. The van der Waals surface area contributed by atoms with E-state index < -0.39 is 5.66 Å². The zero-order chi connectivity index (χ0) is 14.3. The zero-order valence-electron chi connectivity index (χ0n) is 11.7. The van der Waals surface area contributed by atoms with Gasteiger partial charge in [0, 0.05) is 5.56 Å². The van der Waals surface area contributed by atoms with Crippen molar-refractivity contribution in [1.29, 1.82) is 0 Å². The Morgan fingerprint density at radius 1 is 1.05 bits per heavy atom. The van der Waals surface area contributed by atoms with Crippen molar-refractivity contribution in [3.63, 3.8) is 0 Å². The van der Waals surface area contributed by atoms with Crippen LogP contribution in [0, 0.1) is 6.92 Å². The lowest BCUT2D eigenvalue weighted by Crippen LogP contribution is -2.38. The fourth-order valence-corrected chi connectivity index (χ4v) is 1.47. The number of hydrogen-bond donors (Lipinski definition) is 3. The zero-order valence-corrected chi connectivity index (χ0v) is 11.7. The van der Waals surface area contributed by atoms with Crippen molar-refractivity contribution >= 4 is 5.84 Å². The van der Waals surface area contributed by atoms with Gasteiger partial charge in [0.2, 0.25) is 0 Å². The van der Waals surface area contributed by atoms with Crippen molar-refractivity contribution < 1.29 is 0 Å². The molecular weight excluding hydrogens is 236 g/mol. The number of aryl methyl sites for hydroxylation is 1. The number of amidine groups is 1. The second kappa shape index (κ2) is 6.87. The second-order valence-electron chi connectivity index (χ2n) is 4.89. The fraction of sp³-hybridized carbons (Fsp3) is 0.267. The minimum Gasteiger partial charge on any atom is -0.308 e. The quantitative estimate of drug-likeness (QED) is 0.329. The highest BCUT2D eigenvalue weighted by atomic mass is 15.3. The van der Waals surface area contributed by atoms with Gasteiger partial charge in [0.15, 0.2) is 0 Å². The molecule has 0 amide bonds. The predicted molar refractivity (Wildman–Crippen MR) is 80.9 cm³/mol. The molecule has 1 aromatic carbocycles. The fourth-order valence-electron chi connectivity index (χ4n) is 1.47. The van der Waals surface area contributed by atoms with Gasteiger partial charge in [-0.25, -0.2) is 10.8 Å². The summed E-state index contributed by atoms with van der Waals surface area (Å²) in [5.41, 5.74) is 9.86. The van der Waals surface area contributed by atoms with E-state index in [9.17, 15) is 0 Å². The molecule has 0 aliphatic rings. The van der Waals surface area contributed by atoms with Gasteiger partial charge in [0.05, 0.1) is 0 Å². The molecule has 5 N–H and O–H groups in total. The number of nitrogens with one attached hydrogen (secondary N) is 1. The average Bonchev–Trinajstić information content (AvgIpc) is 2.33. The van der Waals surface area contributed by atoms with Crippen LogP contribution in [0.4, 0.5) is 0 Å². The van der Waals surface area contributed by atoms with Crippen LogP contribution in [-0.2, 0) is 0 Å². The first-order chi connectivity index (χ1) is 8.92. The Morgan fingerprint density at radius 2 is 1.53 bits per heavy atom. The van der Waals surface area contributed by atoms with Gasteiger partial charge in [0.1, 0.15) is 11.5 Å². The van der Waals surface area contributed by atoms with E-state index in [0.29, 0.717) is 5.84 Å². The Kier molecular flexibility index (Phi) is 5.48. The molecule has 0 fully saturated rings. The minimum absolute atomic E-state index is 0.558. The van der Waals surface area contributed by atoms with Gasteiger partial charge in [-0.05, 0) is 20.8 Å². The molecular formula is C15H22N4. The second-order valence-corrected chi connectivity index (χ2v) is 4.89. The summed E-state index contributed by atoms with van der Waals surface area (Å²) in [6, 6.07) is 15.8. The van der Waals surface area contributed by atoms with Gasteiger partial charge < -0.3 is 11.2 Å². The predicted octanol–water partition coefficient (Wildman–Crippen LogP) is 2.02. The maximum absolute atomic E-state index is 5.89. The molecule has 0 atom stereocenters. The molecule has 0 aromatic heterocycles. The number of hydrogen-bond acceptors (Lipinski definition) is 3. The highest BCUT2D eigenvalue weighted by molar-refractivity contribution is 5.98. The molecule has 0 heterocycles. The first-order valence-electron chi connectivity index (χ1n) is 6.18. The van der Waals surface area contributed by atoms with Crippen LogP contribution in [0.1, 0.15) is 25.0 Å². The Morgan fingerprint density at radius 3 is 1.95 bits per heavy atom. The van der Waals surface area contributed by atoms with E-state index in [1.54, 1.807) is 0 Å². The monoisotopic (exact) mass is 258 g/mol. The molecule has 0 spiro atoms. The van der Waals surface area contributed by atoms with E-state index in [-0.39, 0.29) is 0 Å². The maximum atomic E-state index is 5.89. The van der Waals surface area contributed by atoms with Gasteiger partial charge >= 0.3 is 0 Å². The van der Waals surface area contributed by atoms with Gasteiger partial charge in [-0.2, -0.15) is 0 Å². The lowest BCUT2D eigenvalue weighted by Gasteiger charge is -2.15. The van der Waals surface area contributed by atoms with Crippen LogP contribution in [0.25, 0.3) is 0 Å². The molecule has 1 aromatic rings. The van der Waals surface area contributed by atoms with Crippen molar-refractivity contribution in [3.05, 3.63) is 59.7 Å². The Bertz CT molecular complexity index is 472. The van der Waals surface area contributed by atoms with Crippen molar-refractivity contribution in [3.8, 4) is 0 Å². The van der Waals surface area contributed by atoms with Crippen LogP contribution < -0.4 is 17.0 Å². The minimum atomic E-state index is -0.679. The molecule has 4 nitrogen and oxygen atoms in total. The Balaban J connectivity index is 3.29. The third kappa shape index (κ3) is 5.99. The van der Waals surface area contributed by atoms with Crippen molar-refractivity contribution in [2.24, 2.45) is 16.6 Å². The van der Waals surface area contributed by atoms with Gasteiger partial charge in [-0.15, -0.1) is 0 Å². The van der Waals surface area contributed by atoms with E-state index >= 15 is 0 Å². The molecule has 0 radical (unpaired) electrons. The highest BCUT2D eigenvalue weighted by Gasteiger charge is 2.10. The Labute approximate surface area is 114 Å². The lowest BCUT2D eigenvalue weighted by atomic mass is 10.2. The van der Waals surface area contributed by atoms with Gasteiger partial charge in [-0.3, -0.25) is 0 Å². The summed E-state index contributed by atoms with van der Waals surface area (Å²) in [6.45, 7) is 5.68. The molecule has 0 saturated carbocycles. The van der Waals surface area contributed by atoms with Crippen LogP contribution in [-0.4, -0.2) is 11.5 Å². The van der Waals surface area contributed by atoms with Crippen LogP contribution in [0.5, 0.6) is 0 Å². The van der Waals surface area contributed by atoms with Crippen LogP contribution in [0.15, 0.2) is 53.5 Å². The normalized spacial score (nSPS) is 11.7. The van der Waals surface area contributed by atoms with E-state index in [0.717, 1.165) is 5.56 Å². The maximum Gasteiger partial charge on any atom is 0.144 e. The molecule has 0 unspecified atom stereocenters. The van der Waals surface area contributed by atoms with Gasteiger partial charge in [-0.1, -0.05) is 54.1 Å². The summed E-state index contributed by atoms with van der Waals surface area (Å²) in [5.74, 6) is 6.09. The van der Waals surface area contributed by atoms with Crippen LogP contribution in [0.3, 0.4) is 0 Å². The summed E-state index contributed by atoms with van der Waals surface area (Å²) in [4.78, 5) is 4.36. The van der Waals surface area contributed by atoms with E-state index in [1.165, 1.54) is 5.56 Å². The molecule has 19 heavy (non-hydrogen) atoms. The number of rotatable bonds is 2. The molecule has 0 saturated heterocycles. The summed E-state index contributed by atoms with van der Waals surface area (Å²) >= 11 is 0. The SMILES string of the molecule is Cc1ccccc(C(=NC(C)(C)N)NN)cccc1. The van der Waals surface area contributed by atoms with E-state index in [4.69, 9.17) is 11.6 Å². The lowest BCUT2D eigenvalue weighted by molar-refractivity contribution is 0.547. The van der Waals surface area contributed by atoms with Crippen molar-refractivity contribution in [1.82, 2.24) is 5.43 Å². The van der Waals surface area contributed by atoms with E-state index in [1.807, 2.05) is 69.3 Å². The molecule has 4 heteroatoms. The standard InChI is InChI=1S/C15H22N4/c1-12-8-4-6-10-13(11-7-5-9-12)14(19-17)18-15(2,3)16/h4-11H,16-17H2,1-3H3,(H,18,19). The summed E-state index contributed by atoms with van der Waals surface area (Å²) in [7, 11) is 0. The molecule has 102 valence electrons. The Hall–Kier alpha value is -1.91. The first kappa shape index (κ1) is 15.1. The van der Waals surface area contributed by atoms with Crippen molar-refractivity contribution in [2.45, 2.75) is 26.4 Å². The molecule has 0 aliphatic carbocycles. The van der Waals surface area contributed by atoms with Crippen molar-refractivity contribution in [2.75, 3.05) is 0 Å². The number of aliphatic imine (C=N–C) groups is 1. The first-order valence-corrected chi connectivity index (χ1v) is 6.18. The van der Waals surface area contributed by atoms with Crippen LogP contribution in [0.2, 0.25) is 0 Å². The van der Waals surface area contributed by atoms with E-state index in [2.05, 4.69) is 10.4 Å². The summed E-state index contributed by atoms with van der Waals surface area (Å²) < 4.78 is 0.